The Hall–Kier alpha value is -2.25. The van der Waals surface area contributed by atoms with Crippen LogP contribution in [0.2, 0.25) is 5.02 Å². The van der Waals surface area contributed by atoms with Crippen molar-refractivity contribution in [3.05, 3.63) is 58.6 Å². The van der Waals surface area contributed by atoms with Gasteiger partial charge in [0.25, 0.3) is 0 Å². The summed E-state index contributed by atoms with van der Waals surface area (Å²) in [5.74, 6) is 0.436. The Morgan fingerprint density at radius 2 is 1.96 bits per heavy atom. The number of hydrogen-bond acceptors (Lipinski definition) is 4. The maximum Gasteiger partial charge on any atom is 0.241 e. The van der Waals surface area contributed by atoms with Crippen LogP contribution in [0.1, 0.15) is 30.0 Å². The van der Waals surface area contributed by atoms with Gasteiger partial charge in [0, 0.05) is 5.02 Å². The zero-order chi connectivity index (χ0) is 20.3. The lowest BCUT2D eigenvalue weighted by molar-refractivity contribution is -0.120. The zero-order valence-electron chi connectivity index (χ0n) is 15.8. The molecule has 2 aromatic carbocycles. The lowest BCUT2D eigenvalue weighted by atomic mass is 9.87. The summed E-state index contributed by atoms with van der Waals surface area (Å²) < 4.78 is 30.8. The van der Waals surface area contributed by atoms with E-state index in [0.717, 1.165) is 46.7 Å². The number of fused-ring (bicyclic) bond motifs is 1. The van der Waals surface area contributed by atoms with Crippen LogP contribution in [0.3, 0.4) is 0 Å². The van der Waals surface area contributed by atoms with Crippen molar-refractivity contribution >= 4 is 33.2 Å². The average Bonchev–Trinajstić information content (AvgIpc) is 2.66. The number of amides is 1. The molecule has 1 aliphatic carbocycles. The summed E-state index contributed by atoms with van der Waals surface area (Å²) >= 11 is 5.88. The molecule has 0 saturated carbocycles. The minimum atomic E-state index is -3.62. The van der Waals surface area contributed by atoms with Crippen molar-refractivity contribution in [3.8, 4) is 5.75 Å². The molecule has 0 fully saturated rings. The molecule has 2 aromatic rings. The summed E-state index contributed by atoms with van der Waals surface area (Å²) in [6, 6.07) is 12.0. The highest BCUT2D eigenvalue weighted by atomic mass is 35.5. The van der Waals surface area contributed by atoms with Gasteiger partial charge < -0.3 is 10.1 Å². The molecule has 3 rings (SSSR count). The summed E-state index contributed by atoms with van der Waals surface area (Å²) in [5, 5.41) is 3.48. The van der Waals surface area contributed by atoms with Crippen molar-refractivity contribution in [3.63, 3.8) is 0 Å². The van der Waals surface area contributed by atoms with Gasteiger partial charge in [-0.1, -0.05) is 17.7 Å². The van der Waals surface area contributed by atoms with Gasteiger partial charge in [0.15, 0.2) is 0 Å². The van der Waals surface area contributed by atoms with Crippen molar-refractivity contribution in [1.29, 1.82) is 0 Å². The van der Waals surface area contributed by atoms with E-state index in [1.165, 1.54) is 0 Å². The number of anilines is 1. The van der Waals surface area contributed by atoms with Gasteiger partial charge in [-0.15, -0.1) is 0 Å². The van der Waals surface area contributed by atoms with E-state index in [0.29, 0.717) is 10.7 Å². The largest absolute Gasteiger partial charge is 0.497 e. The number of methoxy groups -OCH3 is 1. The molecule has 0 spiro atoms. The number of carbonyl (C=O) groups excluding carboxylic acids is 1. The molecule has 6 nitrogen and oxygen atoms in total. The molecule has 1 atom stereocenters. The normalized spacial score (nSPS) is 16.2. The van der Waals surface area contributed by atoms with E-state index >= 15 is 0 Å². The van der Waals surface area contributed by atoms with Crippen molar-refractivity contribution in [2.45, 2.75) is 25.3 Å². The Labute approximate surface area is 170 Å². The molecule has 0 saturated heterocycles. The molecule has 28 heavy (non-hydrogen) atoms. The standard InChI is InChI=1S/C20H23ClN2O4S/c1-27-17-10-11-18-14(12-17)4-3-5-19(18)22-20(24)13-23(28(2,25)26)16-8-6-15(21)7-9-16/h6-12,19H,3-5,13H2,1-2H3,(H,22,24). The van der Waals surface area contributed by atoms with Crippen LogP contribution in [-0.2, 0) is 21.2 Å². The topological polar surface area (TPSA) is 75.7 Å². The number of halogens is 1. The monoisotopic (exact) mass is 422 g/mol. The third kappa shape index (κ3) is 4.77. The third-order valence-electron chi connectivity index (χ3n) is 4.80. The summed E-state index contributed by atoms with van der Waals surface area (Å²) in [4.78, 5) is 12.7. The first kappa shape index (κ1) is 20.5. The molecule has 1 amide bonds. The third-order valence-corrected chi connectivity index (χ3v) is 6.19. The molecule has 150 valence electrons. The molecule has 8 heteroatoms. The molecule has 1 unspecified atom stereocenters. The van der Waals surface area contributed by atoms with E-state index in [9.17, 15) is 13.2 Å². The van der Waals surface area contributed by atoms with E-state index in [1.54, 1.807) is 31.4 Å². The van der Waals surface area contributed by atoms with Gasteiger partial charge in [-0.25, -0.2) is 8.42 Å². The Morgan fingerprint density at radius 1 is 1.25 bits per heavy atom. The van der Waals surface area contributed by atoms with E-state index in [1.807, 2.05) is 18.2 Å². The van der Waals surface area contributed by atoms with Gasteiger partial charge >= 0.3 is 0 Å². The molecule has 0 radical (unpaired) electrons. The van der Waals surface area contributed by atoms with Gasteiger partial charge in [0.2, 0.25) is 15.9 Å². The number of sulfonamides is 1. The Kier molecular flexibility index (Phi) is 6.15. The molecular weight excluding hydrogens is 400 g/mol. The first-order valence-electron chi connectivity index (χ1n) is 8.97. The lowest BCUT2D eigenvalue weighted by Gasteiger charge is -2.28. The number of ether oxygens (including phenoxy) is 1. The second-order valence-corrected chi connectivity index (χ2v) is 9.17. The predicted molar refractivity (Wildman–Crippen MR) is 110 cm³/mol. The SMILES string of the molecule is COc1ccc2c(c1)CCCC2NC(=O)CN(c1ccc(Cl)cc1)S(C)(=O)=O. The van der Waals surface area contributed by atoms with Crippen LogP contribution in [0, 0.1) is 0 Å². The van der Waals surface area contributed by atoms with Gasteiger partial charge in [-0.05, 0) is 66.8 Å². The van der Waals surface area contributed by atoms with Crippen molar-refractivity contribution in [2.75, 3.05) is 24.2 Å². The average molecular weight is 423 g/mol. The fraction of sp³-hybridized carbons (Fsp3) is 0.350. The van der Waals surface area contributed by atoms with Gasteiger partial charge in [-0.2, -0.15) is 0 Å². The molecule has 1 N–H and O–H groups in total. The first-order valence-corrected chi connectivity index (χ1v) is 11.2. The molecule has 0 heterocycles. The quantitative estimate of drug-likeness (QED) is 0.774. The van der Waals surface area contributed by atoms with Gasteiger partial charge in [0.05, 0.1) is 25.1 Å². The van der Waals surface area contributed by atoms with E-state index in [2.05, 4.69) is 5.32 Å². The summed E-state index contributed by atoms with van der Waals surface area (Å²) in [5.41, 5.74) is 2.60. The summed E-state index contributed by atoms with van der Waals surface area (Å²) in [6.45, 7) is -0.289. The van der Waals surface area contributed by atoms with Crippen LogP contribution < -0.4 is 14.4 Å². The van der Waals surface area contributed by atoms with E-state index < -0.39 is 10.0 Å². The Balaban J connectivity index is 1.76. The van der Waals surface area contributed by atoms with Gasteiger partial charge in [-0.3, -0.25) is 9.10 Å². The highest BCUT2D eigenvalue weighted by Gasteiger charge is 2.25. The van der Waals surface area contributed by atoms with Crippen LogP contribution in [0.4, 0.5) is 5.69 Å². The first-order chi connectivity index (χ1) is 13.3. The van der Waals surface area contributed by atoms with Gasteiger partial charge in [0.1, 0.15) is 12.3 Å². The summed E-state index contributed by atoms with van der Waals surface area (Å²) in [7, 11) is -2.00. The molecule has 0 aromatic heterocycles. The summed E-state index contributed by atoms with van der Waals surface area (Å²) in [6.07, 6.45) is 3.76. The Morgan fingerprint density at radius 3 is 2.61 bits per heavy atom. The number of rotatable bonds is 6. The highest BCUT2D eigenvalue weighted by Crippen LogP contribution is 2.32. The van der Waals surface area contributed by atoms with Crippen LogP contribution in [0.5, 0.6) is 5.75 Å². The number of benzene rings is 2. The number of hydrogen-bond donors (Lipinski definition) is 1. The number of carbonyl (C=O) groups is 1. The lowest BCUT2D eigenvalue weighted by Crippen LogP contribution is -2.42. The second-order valence-electron chi connectivity index (χ2n) is 6.82. The molecule has 1 aliphatic rings. The van der Waals surface area contributed by atoms with Crippen LogP contribution in [-0.4, -0.2) is 34.2 Å². The number of aryl methyl sites for hydroxylation is 1. The number of nitrogens with one attached hydrogen (secondary N) is 1. The van der Waals surface area contributed by atoms with Crippen molar-refractivity contribution < 1.29 is 17.9 Å². The fourth-order valence-corrected chi connectivity index (χ4v) is 4.43. The highest BCUT2D eigenvalue weighted by molar-refractivity contribution is 7.92. The smallest absolute Gasteiger partial charge is 0.241 e. The van der Waals surface area contributed by atoms with Crippen molar-refractivity contribution in [1.82, 2.24) is 5.32 Å². The fourth-order valence-electron chi connectivity index (χ4n) is 3.45. The van der Waals surface area contributed by atoms with Crippen LogP contribution in [0.15, 0.2) is 42.5 Å². The minimum absolute atomic E-state index is 0.145. The Bertz CT molecular complexity index is 961. The zero-order valence-corrected chi connectivity index (χ0v) is 17.4. The van der Waals surface area contributed by atoms with E-state index in [-0.39, 0.29) is 18.5 Å². The minimum Gasteiger partial charge on any atom is -0.497 e. The van der Waals surface area contributed by atoms with Crippen LogP contribution in [0.25, 0.3) is 0 Å². The van der Waals surface area contributed by atoms with Crippen molar-refractivity contribution in [2.24, 2.45) is 0 Å². The second kappa shape index (κ2) is 8.41. The van der Waals surface area contributed by atoms with Crippen LogP contribution >= 0.6 is 11.6 Å². The number of nitrogens with zero attached hydrogens (tertiary/aromatic N) is 1. The molecular formula is C20H23ClN2O4S. The molecule has 0 bridgehead atoms. The van der Waals surface area contributed by atoms with E-state index in [4.69, 9.17) is 16.3 Å². The maximum absolute atomic E-state index is 12.7. The maximum atomic E-state index is 12.7. The predicted octanol–water partition coefficient (Wildman–Crippen LogP) is 3.31. The molecule has 0 aliphatic heterocycles.